The van der Waals surface area contributed by atoms with Gasteiger partial charge in [-0.15, -0.1) is 11.3 Å². The van der Waals surface area contributed by atoms with Crippen LogP contribution in [0.4, 0.5) is 15.8 Å². The van der Waals surface area contributed by atoms with Crippen molar-refractivity contribution in [3.05, 3.63) is 43.9 Å². The van der Waals surface area contributed by atoms with Crippen molar-refractivity contribution < 1.29 is 4.39 Å². The van der Waals surface area contributed by atoms with Crippen molar-refractivity contribution in [2.45, 2.75) is 26.4 Å². The second kappa shape index (κ2) is 6.09. The highest BCUT2D eigenvalue weighted by molar-refractivity contribution is 14.1. The molecule has 102 valence electrons. The quantitative estimate of drug-likeness (QED) is 0.616. The Kier molecular flexibility index (Phi) is 4.67. The van der Waals surface area contributed by atoms with Crippen LogP contribution < -0.4 is 10.6 Å². The van der Waals surface area contributed by atoms with Gasteiger partial charge < -0.3 is 10.6 Å². The summed E-state index contributed by atoms with van der Waals surface area (Å²) >= 11 is 3.66. The molecule has 19 heavy (non-hydrogen) atoms. The third-order valence-electron chi connectivity index (χ3n) is 2.91. The lowest BCUT2D eigenvalue weighted by Crippen LogP contribution is -2.30. The Morgan fingerprint density at radius 2 is 2.16 bits per heavy atom. The average Bonchev–Trinajstić information content (AvgIpc) is 2.84. The van der Waals surface area contributed by atoms with Crippen molar-refractivity contribution >= 4 is 45.3 Å². The van der Waals surface area contributed by atoms with E-state index >= 15 is 0 Å². The molecule has 2 aromatic rings. The van der Waals surface area contributed by atoms with E-state index in [4.69, 9.17) is 5.73 Å². The Bertz CT molecular complexity index is 555. The predicted molar refractivity (Wildman–Crippen MR) is 89.2 cm³/mol. The van der Waals surface area contributed by atoms with Crippen molar-refractivity contribution in [1.29, 1.82) is 0 Å². The summed E-state index contributed by atoms with van der Waals surface area (Å²) in [6.07, 6.45) is 0. The van der Waals surface area contributed by atoms with Gasteiger partial charge in [-0.25, -0.2) is 4.39 Å². The summed E-state index contributed by atoms with van der Waals surface area (Å²) in [6.45, 7) is 4.92. The fourth-order valence-corrected chi connectivity index (χ4v) is 3.11. The molecular weight excluding hydrogens is 374 g/mol. The SMILES string of the molecule is CC(C)N(Cc1cccs1)c1cc(F)c(I)cc1N. The van der Waals surface area contributed by atoms with E-state index in [-0.39, 0.29) is 11.9 Å². The number of anilines is 2. The van der Waals surface area contributed by atoms with Crippen LogP contribution in [0.1, 0.15) is 18.7 Å². The van der Waals surface area contributed by atoms with Crippen molar-refractivity contribution in [3.63, 3.8) is 0 Å². The van der Waals surface area contributed by atoms with Crippen molar-refractivity contribution in [1.82, 2.24) is 0 Å². The first kappa shape index (κ1) is 14.6. The molecule has 0 saturated carbocycles. The van der Waals surface area contributed by atoms with E-state index in [1.807, 2.05) is 34.0 Å². The summed E-state index contributed by atoms with van der Waals surface area (Å²) in [5, 5.41) is 2.05. The molecule has 1 aromatic carbocycles. The summed E-state index contributed by atoms with van der Waals surface area (Å²) in [7, 11) is 0. The van der Waals surface area contributed by atoms with Gasteiger partial charge in [-0.2, -0.15) is 0 Å². The van der Waals surface area contributed by atoms with Crippen LogP contribution in [-0.2, 0) is 6.54 Å². The van der Waals surface area contributed by atoms with E-state index < -0.39 is 0 Å². The Morgan fingerprint density at radius 3 is 2.74 bits per heavy atom. The van der Waals surface area contributed by atoms with E-state index in [9.17, 15) is 4.39 Å². The van der Waals surface area contributed by atoms with Crippen LogP contribution in [0, 0.1) is 9.39 Å². The maximum atomic E-state index is 13.8. The minimum atomic E-state index is -0.221. The number of nitrogens with zero attached hydrogens (tertiary/aromatic N) is 1. The predicted octanol–water partition coefficient (Wildman–Crippen LogP) is 4.49. The van der Waals surface area contributed by atoms with Crippen LogP contribution in [0.3, 0.4) is 0 Å². The van der Waals surface area contributed by atoms with Gasteiger partial charge in [0.25, 0.3) is 0 Å². The zero-order chi connectivity index (χ0) is 14.0. The van der Waals surface area contributed by atoms with Gasteiger partial charge in [-0.05, 0) is 54.0 Å². The summed E-state index contributed by atoms with van der Waals surface area (Å²) < 4.78 is 14.3. The van der Waals surface area contributed by atoms with Crippen LogP contribution in [0.15, 0.2) is 29.6 Å². The fourth-order valence-electron chi connectivity index (χ4n) is 1.92. The third kappa shape index (κ3) is 3.39. The minimum absolute atomic E-state index is 0.221. The van der Waals surface area contributed by atoms with Gasteiger partial charge in [0.05, 0.1) is 21.5 Å². The zero-order valence-electron chi connectivity index (χ0n) is 10.9. The highest BCUT2D eigenvalue weighted by Crippen LogP contribution is 2.30. The highest BCUT2D eigenvalue weighted by Gasteiger charge is 2.16. The summed E-state index contributed by atoms with van der Waals surface area (Å²) in [5.74, 6) is -0.221. The molecule has 2 rings (SSSR count). The summed E-state index contributed by atoms with van der Waals surface area (Å²) in [4.78, 5) is 3.37. The van der Waals surface area contributed by atoms with Crippen LogP contribution in [-0.4, -0.2) is 6.04 Å². The minimum Gasteiger partial charge on any atom is -0.397 e. The molecule has 0 aliphatic heterocycles. The lowest BCUT2D eigenvalue weighted by molar-refractivity contribution is 0.616. The molecule has 1 aromatic heterocycles. The molecule has 0 aliphatic carbocycles. The Labute approximate surface area is 130 Å². The van der Waals surface area contributed by atoms with Gasteiger partial charge in [0.2, 0.25) is 0 Å². The number of nitrogens with two attached hydrogens (primary N) is 1. The van der Waals surface area contributed by atoms with Gasteiger partial charge in [-0.1, -0.05) is 6.07 Å². The van der Waals surface area contributed by atoms with Crippen molar-refractivity contribution in [2.75, 3.05) is 10.6 Å². The second-order valence-electron chi connectivity index (χ2n) is 4.63. The fraction of sp³-hybridized carbons (Fsp3) is 0.286. The largest absolute Gasteiger partial charge is 0.397 e. The first-order chi connectivity index (χ1) is 8.99. The van der Waals surface area contributed by atoms with Gasteiger partial charge in [0, 0.05) is 17.0 Å². The molecule has 5 heteroatoms. The van der Waals surface area contributed by atoms with E-state index in [1.54, 1.807) is 17.4 Å². The zero-order valence-corrected chi connectivity index (χ0v) is 13.8. The number of halogens is 2. The molecule has 2 N–H and O–H groups in total. The second-order valence-corrected chi connectivity index (χ2v) is 6.82. The molecular formula is C14H16FIN2S. The van der Waals surface area contributed by atoms with Crippen LogP contribution in [0.5, 0.6) is 0 Å². The lowest BCUT2D eigenvalue weighted by atomic mass is 10.2. The molecule has 0 unspecified atom stereocenters. The summed E-state index contributed by atoms with van der Waals surface area (Å²) in [5.41, 5.74) is 7.43. The number of hydrogen-bond acceptors (Lipinski definition) is 3. The Hall–Kier alpha value is -0.820. The van der Waals surface area contributed by atoms with Gasteiger partial charge in [-0.3, -0.25) is 0 Å². The molecule has 0 saturated heterocycles. The van der Waals surface area contributed by atoms with Crippen LogP contribution >= 0.6 is 33.9 Å². The smallest absolute Gasteiger partial charge is 0.138 e. The molecule has 1 heterocycles. The van der Waals surface area contributed by atoms with Crippen molar-refractivity contribution in [3.8, 4) is 0 Å². The monoisotopic (exact) mass is 390 g/mol. The van der Waals surface area contributed by atoms with Crippen LogP contribution in [0.25, 0.3) is 0 Å². The van der Waals surface area contributed by atoms with E-state index in [1.165, 1.54) is 10.9 Å². The average molecular weight is 390 g/mol. The first-order valence-electron chi connectivity index (χ1n) is 6.02. The normalized spacial score (nSPS) is 11.0. The first-order valence-corrected chi connectivity index (χ1v) is 7.98. The standard InChI is InChI=1S/C14H16FIN2S/c1-9(2)18(8-10-4-3-5-19-10)14-6-11(15)12(16)7-13(14)17/h3-7,9H,8,17H2,1-2H3. The number of thiophene rings is 1. The maximum absolute atomic E-state index is 13.8. The molecule has 0 radical (unpaired) electrons. The Morgan fingerprint density at radius 1 is 1.42 bits per heavy atom. The van der Waals surface area contributed by atoms with Gasteiger partial charge in [0.1, 0.15) is 5.82 Å². The maximum Gasteiger partial charge on any atom is 0.138 e. The summed E-state index contributed by atoms with van der Waals surface area (Å²) in [6, 6.07) is 7.58. The molecule has 0 bridgehead atoms. The molecule has 0 fully saturated rings. The highest BCUT2D eigenvalue weighted by atomic mass is 127. The van der Waals surface area contributed by atoms with Gasteiger partial charge in [0.15, 0.2) is 0 Å². The Balaban J connectivity index is 2.36. The number of nitrogen functional groups attached to an aromatic ring is 1. The van der Waals surface area contributed by atoms with Gasteiger partial charge >= 0.3 is 0 Å². The van der Waals surface area contributed by atoms with Crippen LogP contribution in [0.2, 0.25) is 0 Å². The number of rotatable bonds is 4. The van der Waals surface area contributed by atoms with E-state index in [0.717, 1.165) is 12.2 Å². The number of hydrogen-bond donors (Lipinski definition) is 1. The number of benzene rings is 1. The lowest BCUT2D eigenvalue weighted by Gasteiger charge is -2.30. The molecule has 0 amide bonds. The van der Waals surface area contributed by atoms with E-state index in [2.05, 4.69) is 24.8 Å². The molecule has 0 atom stereocenters. The molecule has 0 aliphatic rings. The molecule has 2 nitrogen and oxygen atoms in total. The van der Waals surface area contributed by atoms with E-state index in [0.29, 0.717) is 9.26 Å². The van der Waals surface area contributed by atoms with Crippen molar-refractivity contribution in [2.24, 2.45) is 0 Å². The molecule has 0 spiro atoms. The third-order valence-corrected chi connectivity index (χ3v) is 4.60. The topological polar surface area (TPSA) is 29.3 Å².